The van der Waals surface area contributed by atoms with Crippen LogP contribution in [-0.4, -0.2) is 22.9 Å². The molecule has 0 fully saturated rings. The number of carbonyl (C=O) groups excluding carboxylic acids is 2. The molecule has 16 heavy (non-hydrogen) atoms. The minimum absolute atomic E-state index is 0.231. The minimum Gasteiger partial charge on any atom is -0.294 e. The van der Waals surface area contributed by atoms with Crippen molar-refractivity contribution < 1.29 is 22.8 Å². The molecule has 88 valence electrons. The van der Waals surface area contributed by atoms with Crippen molar-refractivity contribution in [1.29, 1.82) is 0 Å². The number of alkyl halides is 3. The van der Waals surface area contributed by atoms with Gasteiger partial charge in [-0.25, -0.2) is 4.98 Å². The molecule has 4 nitrogen and oxygen atoms in total. The number of aromatic nitrogens is 1. The van der Waals surface area contributed by atoms with E-state index >= 15 is 0 Å². The van der Waals surface area contributed by atoms with E-state index in [9.17, 15) is 22.8 Å². The van der Waals surface area contributed by atoms with E-state index in [0.717, 1.165) is 11.3 Å². The van der Waals surface area contributed by atoms with Crippen molar-refractivity contribution in [3.63, 3.8) is 0 Å². The van der Waals surface area contributed by atoms with E-state index in [2.05, 4.69) is 4.98 Å². The third kappa shape index (κ3) is 2.78. The van der Waals surface area contributed by atoms with E-state index in [1.165, 1.54) is 13.8 Å². The van der Waals surface area contributed by atoms with Crippen molar-refractivity contribution in [3.8, 4) is 0 Å². The van der Waals surface area contributed by atoms with Gasteiger partial charge in [-0.1, -0.05) is 11.3 Å². The molecule has 0 saturated heterocycles. The Hall–Kier alpha value is -1.44. The van der Waals surface area contributed by atoms with Gasteiger partial charge in [0.25, 0.3) is 0 Å². The summed E-state index contributed by atoms with van der Waals surface area (Å²) in [6, 6.07) is 0. The second-order valence-electron chi connectivity index (χ2n) is 2.94. The Kier molecular flexibility index (Phi) is 3.32. The van der Waals surface area contributed by atoms with Crippen LogP contribution in [0.5, 0.6) is 0 Å². The Morgan fingerprint density at radius 2 is 1.94 bits per heavy atom. The molecule has 0 aliphatic carbocycles. The molecule has 1 aromatic heterocycles. The first kappa shape index (κ1) is 12.6. The molecule has 0 bridgehead atoms. The van der Waals surface area contributed by atoms with Crippen LogP contribution in [0.4, 0.5) is 18.3 Å². The zero-order valence-electron chi connectivity index (χ0n) is 8.31. The smallest absolute Gasteiger partial charge is 0.294 e. The molecule has 0 atom stereocenters. The van der Waals surface area contributed by atoms with Crippen molar-refractivity contribution in [2.45, 2.75) is 20.0 Å². The summed E-state index contributed by atoms with van der Waals surface area (Å²) in [6.45, 7) is 2.76. The molecule has 0 radical (unpaired) electrons. The van der Waals surface area contributed by atoms with Crippen LogP contribution in [0, 0.1) is 6.92 Å². The van der Waals surface area contributed by atoms with Gasteiger partial charge in [0, 0.05) is 6.92 Å². The maximum absolute atomic E-state index is 11.9. The van der Waals surface area contributed by atoms with Crippen LogP contribution in [0.25, 0.3) is 0 Å². The van der Waals surface area contributed by atoms with Gasteiger partial charge in [-0.15, -0.1) is 0 Å². The standard InChI is InChI=1S/C8H7F3N2O2S/c1-3-5(4(2)14)16-7(12-3)13-6(15)8(9,10)11/h1-2H3,(H,12,13,15). The van der Waals surface area contributed by atoms with Crippen molar-refractivity contribution in [2.24, 2.45) is 0 Å². The molecular formula is C8H7F3N2O2S. The number of hydrogen-bond acceptors (Lipinski definition) is 4. The summed E-state index contributed by atoms with van der Waals surface area (Å²) in [5, 5.41) is 1.36. The Labute approximate surface area is 92.5 Å². The number of ketones is 1. The summed E-state index contributed by atoms with van der Waals surface area (Å²) in [6.07, 6.45) is -4.96. The lowest BCUT2D eigenvalue weighted by atomic mass is 10.3. The van der Waals surface area contributed by atoms with Crippen LogP contribution in [0.1, 0.15) is 22.3 Å². The first-order valence-corrected chi connectivity index (χ1v) is 4.90. The van der Waals surface area contributed by atoms with Crippen molar-refractivity contribution in [1.82, 2.24) is 4.98 Å². The number of Topliss-reactive ketones (excluding diaryl/α,β-unsaturated/α-hetero) is 1. The predicted molar refractivity (Wildman–Crippen MR) is 51.5 cm³/mol. The van der Waals surface area contributed by atoms with Crippen LogP contribution in [0.3, 0.4) is 0 Å². The van der Waals surface area contributed by atoms with Crippen molar-refractivity contribution in [3.05, 3.63) is 10.6 Å². The molecule has 1 aromatic rings. The summed E-state index contributed by atoms with van der Waals surface area (Å²) < 4.78 is 35.7. The predicted octanol–water partition coefficient (Wildman–Crippen LogP) is 2.15. The van der Waals surface area contributed by atoms with Crippen LogP contribution >= 0.6 is 11.3 Å². The number of anilines is 1. The monoisotopic (exact) mass is 252 g/mol. The average molecular weight is 252 g/mol. The van der Waals surface area contributed by atoms with Crippen LogP contribution in [-0.2, 0) is 4.79 Å². The number of nitrogens with zero attached hydrogens (tertiary/aromatic N) is 1. The maximum atomic E-state index is 11.9. The number of amides is 1. The van der Waals surface area contributed by atoms with Gasteiger partial charge < -0.3 is 0 Å². The molecule has 0 unspecified atom stereocenters. The van der Waals surface area contributed by atoms with E-state index in [0.29, 0.717) is 5.69 Å². The molecule has 0 aliphatic heterocycles. The zero-order chi connectivity index (χ0) is 12.5. The fraction of sp³-hybridized carbons (Fsp3) is 0.375. The highest BCUT2D eigenvalue weighted by Crippen LogP contribution is 2.25. The summed E-state index contributed by atoms with van der Waals surface area (Å²) in [5.74, 6) is -2.40. The molecule has 0 aliphatic rings. The second kappa shape index (κ2) is 4.20. The molecule has 0 saturated carbocycles. The minimum atomic E-state index is -4.96. The Balaban J connectivity index is 2.88. The topological polar surface area (TPSA) is 59.1 Å². The Morgan fingerprint density at radius 1 is 1.38 bits per heavy atom. The molecule has 1 heterocycles. The molecule has 1 amide bonds. The van der Waals surface area contributed by atoms with Gasteiger partial charge in [0.1, 0.15) is 0 Å². The van der Waals surface area contributed by atoms with E-state index in [4.69, 9.17) is 0 Å². The number of carbonyl (C=O) groups is 2. The number of thiazole rings is 1. The highest BCUT2D eigenvalue weighted by atomic mass is 32.1. The van der Waals surface area contributed by atoms with E-state index in [1.54, 1.807) is 5.32 Å². The molecule has 0 aromatic carbocycles. The van der Waals surface area contributed by atoms with Crippen molar-refractivity contribution >= 4 is 28.2 Å². The second-order valence-corrected chi connectivity index (χ2v) is 3.94. The fourth-order valence-electron chi connectivity index (χ4n) is 0.945. The first-order chi connectivity index (χ1) is 7.21. The fourth-order valence-corrected chi connectivity index (χ4v) is 1.80. The summed E-state index contributed by atoms with van der Waals surface area (Å²) in [5.41, 5.74) is 0.301. The van der Waals surface area contributed by atoms with Gasteiger partial charge in [0.2, 0.25) is 0 Å². The normalized spacial score (nSPS) is 11.3. The lowest BCUT2D eigenvalue weighted by Crippen LogP contribution is -2.29. The van der Waals surface area contributed by atoms with Gasteiger partial charge in [-0.05, 0) is 6.92 Å². The Morgan fingerprint density at radius 3 is 2.31 bits per heavy atom. The number of hydrogen-bond donors (Lipinski definition) is 1. The largest absolute Gasteiger partial charge is 0.471 e. The maximum Gasteiger partial charge on any atom is 0.471 e. The van der Waals surface area contributed by atoms with Gasteiger partial charge in [0.15, 0.2) is 10.9 Å². The van der Waals surface area contributed by atoms with Gasteiger partial charge in [0.05, 0.1) is 10.6 Å². The third-order valence-corrected chi connectivity index (χ3v) is 2.77. The summed E-state index contributed by atoms with van der Waals surface area (Å²) >= 11 is 0.719. The lowest BCUT2D eigenvalue weighted by Gasteiger charge is -2.03. The van der Waals surface area contributed by atoms with Gasteiger partial charge in [-0.3, -0.25) is 14.9 Å². The SMILES string of the molecule is CC(=O)c1sc(NC(=O)C(F)(F)F)nc1C. The zero-order valence-corrected chi connectivity index (χ0v) is 9.12. The molecule has 8 heteroatoms. The van der Waals surface area contributed by atoms with Crippen LogP contribution in [0.15, 0.2) is 0 Å². The molecule has 0 spiro atoms. The number of aryl methyl sites for hydroxylation is 1. The highest BCUT2D eigenvalue weighted by molar-refractivity contribution is 7.17. The van der Waals surface area contributed by atoms with Gasteiger partial charge >= 0.3 is 12.1 Å². The first-order valence-electron chi connectivity index (χ1n) is 4.08. The summed E-state index contributed by atoms with van der Waals surface area (Å²) in [7, 11) is 0. The lowest BCUT2D eigenvalue weighted by molar-refractivity contribution is -0.167. The number of halogens is 3. The quantitative estimate of drug-likeness (QED) is 0.820. The number of nitrogens with one attached hydrogen (secondary N) is 1. The van der Waals surface area contributed by atoms with E-state index in [-0.39, 0.29) is 15.8 Å². The van der Waals surface area contributed by atoms with E-state index in [1.807, 2.05) is 0 Å². The molecule has 1 rings (SSSR count). The third-order valence-electron chi connectivity index (χ3n) is 1.59. The Bertz CT molecular complexity index is 439. The number of rotatable bonds is 2. The molecule has 1 N–H and O–H groups in total. The average Bonchev–Trinajstić information content (AvgIpc) is 2.45. The van der Waals surface area contributed by atoms with E-state index < -0.39 is 12.1 Å². The molecular weight excluding hydrogens is 245 g/mol. The highest BCUT2D eigenvalue weighted by Gasteiger charge is 2.39. The van der Waals surface area contributed by atoms with Crippen LogP contribution < -0.4 is 5.32 Å². The summed E-state index contributed by atoms with van der Waals surface area (Å²) in [4.78, 5) is 25.5. The van der Waals surface area contributed by atoms with Crippen molar-refractivity contribution in [2.75, 3.05) is 5.32 Å². The van der Waals surface area contributed by atoms with Gasteiger partial charge in [-0.2, -0.15) is 13.2 Å². The van der Waals surface area contributed by atoms with Crippen LogP contribution in [0.2, 0.25) is 0 Å².